The summed E-state index contributed by atoms with van der Waals surface area (Å²) in [4.78, 5) is 21.7. The minimum atomic E-state index is -4.40. The highest BCUT2D eigenvalue weighted by Gasteiger charge is 2.34. The predicted molar refractivity (Wildman–Crippen MR) is 146 cm³/mol. The molecule has 0 radical (unpaired) electrons. The van der Waals surface area contributed by atoms with Gasteiger partial charge in [0.2, 0.25) is 15.7 Å². The molecular weight excluding hydrogens is 512 g/mol. The molecule has 2 aromatic heterocycles. The minimum absolute atomic E-state index is 0.117. The fourth-order valence-corrected chi connectivity index (χ4v) is 6.60. The third-order valence-electron chi connectivity index (χ3n) is 7.27. The van der Waals surface area contributed by atoms with Crippen LogP contribution in [0.5, 0.6) is 5.88 Å². The average molecular weight is 541 g/mol. The lowest BCUT2D eigenvalue weighted by atomic mass is 10.0. The maximum absolute atomic E-state index is 14.0. The fraction of sp³-hybridized carbons (Fsp3) is 0.267. The Morgan fingerprint density at radius 1 is 1.15 bits per heavy atom. The zero-order valence-electron chi connectivity index (χ0n) is 21.8. The second-order valence-corrected chi connectivity index (χ2v) is 11.6. The lowest BCUT2D eigenvalue weighted by Gasteiger charge is -2.21. The van der Waals surface area contributed by atoms with Gasteiger partial charge in [0.1, 0.15) is 5.82 Å². The van der Waals surface area contributed by atoms with Crippen molar-refractivity contribution >= 4 is 9.84 Å². The molecule has 198 valence electrons. The van der Waals surface area contributed by atoms with Crippen LogP contribution in [0.1, 0.15) is 60.4 Å². The second kappa shape index (κ2) is 10.5. The molecule has 0 bridgehead atoms. The van der Waals surface area contributed by atoms with Crippen LogP contribution in [-0.4, -0.2) is 28.1 Å². The molecule has 39 heavy (non-hydrogen) atoms. The summed E-state index contributed by atoms with van der Waals surface area (Å²) in [5.74, 6) is -0.459. The number of rotatable bonds is 7. The zero-order valence-corrected chi connectivity index (χ0v) is 22.6. The van der Waals surface area contributed by atoms with Crippen LogP contribution >= 0.6 is 0 Å². The van der Waals surface area contributed by atoms with Crippen LogP contribution in [0, 0.1) is 18.3 Å². The van der Waals surface area contributed by atoms with Crippen LogP contribution in [0.15, 0.2) is 75.4 Å². The largest absolute Gasteiger partial charge is 0.492 e. The monoisotopic (exact) mass is 540 g/mol. The summed E-state index contributed by atoms with van der Waals surface area (Å²) in [6, 6.07) is 16.9. The topological polar surface area (TPSA) is 126 Å². The number of aryl methyl sites for hydroxylation is 3. The molecule has 2 aromatic carbocycles. The van der Waals surface area contributed by atoms with Crippen molar-refractivity contribution in [3.8, 4) is 23.1 Å². The Hall–Kier alpha value is -4.29. The van der Waals surface area contributed by atoms with E-state index in [1.54, 1.807) is 36.5 Å². The van der Waals surface area contributed by atoms with Gasteiger partial charge in [-0.15, -0.1) is 0 Å². The Bertz CT molecular complexity index is 1770. The summed E-state index contributed by atoms with van der Waals surface area (Å²) >= 11 is 0. The van der Waals surface area contributed by atoms with E-state index in [1.807, 2.05) is 26.0 Å². The first-order chi connectivity index (χ1) is 18.8. The van der Waals surface area contributed by atoms with E-state index in [4.69, 9.17) is 0 Å². The number of aromatic nitrogens is 3. The van der Waals surface area contributed by atoms with Gasteiger partial charge >= 0.3 is 0 Å². The van der Waals surface area contributed by atoms with Gasteiger partial charge in [-0.25, -0.2) is 8.42 Å². The molecule has 4 aromatic rings. The number of hydrogen-bond acceptors (Lipinski definition) is 7. The minimum Gasteiger partial charge on any atom is -0.492 e. The number of benzene rings is 2. The van der Waals surface area contributed by atoms with Gasteiger partial charge in [0, 0.05) is 23.9 Å². The molecule has 9 heteroatoms. The van der Waals surface area contributed by atoms with Gasteiger partial charge in [0.15, 0.2) is 4.90 Å². The van der Waals surface area contributed by atoms with Crippen LogP contribution in [0.3, 0.4) is 0 Å². The molecule has 0 unspecified atom stereocenters. The van der Waals surface area contributed by atoms with E-state index in [2.05, 4.69) is 16.0 Å². The normalized spacial score (nSPS) is 14.6. The van der Waals surface area contributed by atoms with Gasteiger partial charge in [0.05, 0.1) is 22.6 Å². The number of hydrogen-bond donors (Lipinski definition) is 1. The van der Waals surface area contributed by atoms with E-state index in [0.717, 1.165) is 34.4 Å². The summed E-state index contributed by atoms with van der Waals surface area (Å²) < 4.78 is 28.9. The van der Waals surface area contributed by atoms with Crippen molar-refractivity contribution in [2.45, 2.75) is 61.8 Å². The van der Waals surface area contributed by atoms with Crippen LogP contribution in [0.2, 0.25) is 0 Å². The van der Waals surface area contributed by atoms with Crippen LogP contribution in [0.4, 0.5) is 0 Å². The molecule has 0 aliphatic heterocycles. The highest BCUT2D eigenvalue weighted by Crippen LogP contribution is 2.36. The van der Waals surface area contributed by atoms with E-state index < -0.39 is 32.2 Å². The molecule has 1 aliphatic rings. The van der Waals surface area contributed by atoms with Crippen LogP contribution < -0.4 is 5.56 Å². The number of nitrogens with zero attached hydrogens (tertiary/aromatic N) is 4. The lowest BCUT2D eigenvalue weighted by molar-refractivity contribution is 0.408. The maximum Gasteiger partial charge on any atom is 0.277 e. The van der Waals surface area contributed by atoms with Crippen molar-refractivity contribution in [2.24, 2.45) is 0 Å². The number of pyridine rings is 1. The molecule has 0 saturated carbocycles. The summed E-state index contributed by atoms with van der Waals surface area (Å²) in [5.41, 5.74) is 3.92. The molecule has 8 nitrogen and oxygen atoms in total. The first-order valence-corrected chi connectivity index (χ1v) is 14.4. The molecule has 1 N–H and O–H groups in total. The Morgan fingerprint density at radius 2 is 1.92 bits per heavy atom. The third kappa shape index (κ3) is 4.72. The Kier molecular flexibility index (Phi) is 7.06. The standard InChI is InChI=1S/C30H28N4O4S/c1-3-4-7-27-33-29(35)28(30(36)34(27)26-15-12-22-9-8-20(18-31)17-25(22)26)39(37,38)23-13-10-21(11-14-23)24-6-5-16-32-19(24)2/h5-6,8-11,13-14,16-17,26,35H,3-4,7,12,15H2,1-2H3/t26-/m1/s1. The summed E-state index contributed by atoms with van der Waals surface area (Å²) in [7, 11) is -4.40. The number of sulfone groups is 1. The Morgan fingerprint density at radius 3 is 2.62 bits per heavy atom. The Labute approximate surface area is 227 Å². The molecular formula is C30H28N4O4S. The van der Waals surface area contributed by atoms with E-state index in [9.17, 15) is 23.6 Å². The SMILES string of the molecule is CCCCc1nc(O)c(S(=O)(=O)c2ccc(-c3cccnc3C)cc2)c(=O)n1[C@@H]1CCc2ccc(C#N)cc21. The van der Waals surface area contributed by atoms with Crippen molar-refractivity contribution in [2.75, 3.05) is 0 Å². The van der Waals surface area contributed by atoms with Crippen molar-refractivity contribution in [1.29, 1.82) is 5.26 Å². The predicted octanol–water partition coefficient (Wildman–Crippen LogP) is 4.90. The maximum atomic E-state index is 14.0. The molecule has 2 heterocycles. The summed E-state index contributed by atoms with van der Waals surface area (Å²) in [6.07, 6.45) is 4.89. The average Bonchev–Trinajstić information content (AvgIpc) is 3.34. The number of aromatic hydroxyl groups is 1. The first kappa shape index (κ1) is 26.3. The van der Waals surface area contributed by atoms with Crippen molar-refractivity contribution in [1.82, 2.24) is 14.5 Å². The van der Waals surface area contributed by atoms with Gasteiger partial charge in [-0.2, -0.15) is 10.2 Å². The van der Waals surface area contributed by atoms with Crippen molar-refractivity contribution in [3.63, 3.8) is 0 Å². The van der Waals surface area contributed by atoms with Gasteiger partial charge in [-0.1, -0.05) is 37.6 Å². The van der Waals surface area contributed by atoms with Gasteiger partial charge < -0.3 is 5.11 Å². The van der Waals surface area contributed by atoms with E-state index >= 15 is 0 Å². The molecule has 0 fully saturated rings. The quantitative estimate of drug-likeness (QED) is 0.353. The number of unbranched alkanes of at least 4 members (excludes halogenated alkanes) is 1. The van der Waals surface area contributed by atoms with E-state index in [1.165, 1.54) is 16.7 Å². The fourth-order valence-electron chi connectivity index (χ4n) is 5.26. The molecule has 1 aliphatic carbocycles. The van der Waals surface area contributed by atoms with Crippen LogP contribution in [0.25, 0.3) is 11.1 Å². The highest BCUT2D eigenvalue weighted by molar-refractivity contribution is 7.91. The van der Waals surface area contributed by atoms with Crippen molar-refractivity contribution in [3.05, 3.63) is 99.4 Å². The number of nitriles is 1. The molecule has 5 rings (SSSR count). The third-order valence-corrected chi connectivity index (χ3v) is 9.05. The van der Waals surface area contributed by atoms with Crippen LogP contribution in [-0.2, 0) is 22.7 Å². The summed E-state index contributed by atoms with van der Waals surface area (Å²) in [6.45, 7) is 3.87. The molecule has 1 atom stereocenters. The zero-order chi connectivity index (χ0) is 27.7. The summed E-state index contributed by atoms with van der Waals surface area (Å²) in [5, 5.41) is 20.3. The van der Waals surface area contributed by atoms with Gasteiger partial charge in [-0.05, 0) is 73.2 Å². The van der Waals surface area contributed by atoms with Gasteiger partial charge in [-0.3, -0.25) is 14.3 Å². The Balaban J connectivity index is 1.64. The second-order valence-electron chi connectivity index (χ2n) is 9.70. The number of fused-ring (bicyclic) bond motifs is 1. The van der Waals surface area contributed by atoms with E-state index in [0.29, 0.717) is 37.1 Å². The molecule has 0 saturated heterocycles. The highest BCUT2D eigenvalue weighted by atomic mass is 32.2. The molecule has 0 spiro atoms. The lowest BCUT2D eigenvalue weighted by Crippen LogP contribution is -2.33. The van der Waals surface area contributed by atoms with E-state index in [-0.39, 0.29) is 4.90 Å². The smallest absolute Gasteiger partial charge is 0.277 e. The molecule has 0 amide bonds. The van der Waals surface area contributed by atoms with Crippen molar-refractivity contribution < 1.29 is 13.5 Å². The first-order valence-electron chi connectivity index (χ1n) is 12.9. The van der Waals surface area contributed by atoms with Gasteiger partial charge in [0.25, 0.3) is 5.56 Å².